The van der Waals surface area contributed by atoms with Gasteiger partial charge in [0.2, 0.25) is 0 Å². The van der Waals surface area contributed by atoms with Crippen LogP contribution in [-0.4, -0.2) is 17.7 Å². The summed E-state index contributed by atoms with van der Waals surface area (Å²) in [6.45, 7) is 0.0580. The lowest BCUT2D eigenvalue weighted by Gasteiger charge is -2.09. The fraction of sp³-hybridized carbons (Fsp3) is 0.300. The number of nitrogens with one attached hydrogen (secondary N) is 1. The number of aliphatic hydroxyl groups excluding tert-OH is 1. The predicted octanol–water partition coefficient (Wildman–Crippen LogP) is -0.131. The predicted molar refractivity (Wildman–Crippen MR) is 55.9 cm³/mol. The smallest absolute Gasteiger partial charge is 0.329 e. The lowest BCUT2D eigenvalue weighted by molar-refractivity contribution is -0.151. The maximum absolute atomic E-state index is 10.9. The Morgan fingerprint density at radius 3 is 2.88 bits per heavy atom. The zero-order chi connectivity index (χ0) is 11.8. The molecule has 0 heterocycles. The van der Waals surface area contributed by atoms with E-state index in [1.54, 1.807) is 29.9 Å². The quantitative estimate of drug-likeness (QED) is 0.462. The Balaban J connectivity index is 2.39. The molecule has 4 N–H and O–H groups in total. The summed E-state index contributed by atoms with van der Waals surface area (Å²) >= 11 is 0. The van der Waals surface area contributed by atoms with E-state index < -0.39 is 5.97 Å². The lowest BCUT2D eigenvalue weighted by Crippen LogP contribution is -2.27. The Kier molecular flexibility index (Phi) is 5.27. The minimum Gasteiger partial charge on any atom is -0.493 e. The summed E-state index contributed by atoms with van der Waals surface area (Å²) < 4.78 is 5.32. The molecule has 0 radical (unpaired) electrons. The Labute approximate surface area is 92.9 Å². The van der Waals surface area contributed by atoms with Gasteiger partial charge in [-0.3, -0.25) is 4.79 Å². The molecule has 6 heteroatoms. The second-order valence-electron chi connectivity index (χ2n) is 2.96. The van der Waals surface area contributed by atoms with Gasteiger partial charge >= 0.3 is 5.97 Å². The van der Waals surface area contributed by atoms with Crippen LogP contribution < -0.4 is 16.2 Å². The van der Waals surface area contributed by atoms with Crippen LogP contribution in [0.3, 0.4) is 0 Å². The lowest BCUT2D eigenvalue weighted by atomic mass is 10.2. The number of hydrazine groups is 1. The van der Waals surface area contributed by atoms with E-state index in [1.165, 1.54) is 0 Å². The Morgan fingerprint density at radius 2 is 2.19 bits per heavy atom. The first-order chi connectivity index (χ1) is 7.77. The molecule has 0 atom stereocenters. The molecule has 0 unspecified atom stereocenters. The highest BCUT2D eigenvalue weighted by Gasteiger charge is 2.05. The third-order valence-electron chi connectivity index (χ3n) is 1.88. The third kappa shape index (κ3) is 3.85. The van der Waals surface area contributed by atoms with Crippen LogP contribution in [0.15, 0.2) is 24.3 Å². The number of ether oxygens (including phenoxy) is 1. The highest BCUT2D eigenvalue weighted by Crippen LogP contribution is 2.17. The monoisotopic (exact) mass is 226 g/mol. The van der Waals surface area contributed by atoms with Crippen LogP contribution in [0.25, 0.3) is 0 Å². The molecular weight excluding hydrogens is 212 g/mol. The number of rotatable bonds is 6. The molecule has 0 aliphatic rings. The van der Waals surface area contributed by atoms with E-state index in [0.717, 1.165) is 0 Å². The summed E-state index contributed by atoms with van der Waals surface area (Å²) in [5.74, 6) is 4.83. The van der Waals surface area contributed by atoms with E-state index in [0.29, 0.717) is 11.3 Å². The molecule has 0 fully saturated rings. The largest absolute Gasteiger partial charge is 0.493 e. The zero-order valence-electron chi connectivity index (χ0n) is 8.68. The van der Waals surface area contributed by atoms with Crippen molar-refractivity contribution in [2.24, 2.45) is 5.84 Å². The molecule has 0 saturated carbocycles. The molecule has 0 aromatic heterocycles. The van der Waals surface area contributed by atoms with Crippen LogP contribution >= 0.6 is 0 Å². The van der Waals surface area contributed by atoms with E-state index in [-0.39, 0.29) is 19.6 Å². The maximum Gasteiger partial charge on any atom is 0.329 e. The summed E-state index contributed by atoms with van der Waals surface area (Å²) in [6.07, 6.45) is 0.0734. The highest BCUT2D eigenvalue weighted by atomic mass is 16.7. The normalized spacial score (nSPS) is 9.88. The first kappa shape index (κ1) is 12.4. The van der Waals surface area contributed by atoms with Gasteiger partial charge in [-0.05, 0) is 6.07 Å². The molecule has 1 aromatic carbocycles. The number of benzene rings is 1. The zero-order valence-corrected chi connectivity index (χ0v) is 8.68. The molecular formula is C10H14N2O4. The van der Waals surface area contributed by atoms with Crippen molar-refractivity contribution in [1.82, 2.24) is 5.59 Å². The van der Waals surface area contributed by atoms with Gasteiger partial charge in [0.15, 0.2) is 0 Å². The van der Waals surface area contributed by atoms with Crippen LogP contribution in [-0.2, 0) is 16.2 Å². The van der Waals surface area contributed by atoms with Crippen molar-refractivity contribution in [1.29, 1.82) is 0 Å². The molecule has 0 amide bonds. The van der Waals surface area contributed by atoms with E-state index in [2.05, 4.69) is 4.84 Å². The highest BCUT2D eigenvalue weighted by molar-refractivity contribution is 5.69. The van der Waals surface area contributed by atoms with Crippen LogP contribution in [0.2, 0.25) is 0 Å². The van der Waals surface area contributed by atoms with Gasteiger partial charge in [-0.2, -0.15) is 0 Å². The van der Waals surface area contributed by atoms with Crippen LogP contribution in [0, 0.1) is 0 Å². The first-order valence-corrected chi connectivity index (χ1v) is 4.74. The number of carbonyl (C=O) groups excluding carboxylic acids is 1. The van der Waals surface area contributed by atoms with Gasteiger partial charge in [-0.25, -0.2) is 5.84 Å². The van der Waals surface area contributed by atoms with Gasteiger partial charge < -0.3 is 14.7 Å². The number of para-hydroxylation sites is 1. The van der Waals surface area contributed by atoms with Gasteiger partial charge in [-0.15, -0.1) is 0 Å². The van der Waals surface area contributed by atoms with Gasteiger partial charge in [-0.1, -0.05) is 23.8 Å². The standard InChI is InChI=1S/C10H14N2O4/c11-12-16-10(14)5-6-15-9-4-2-1-3-8(9)7-13/h1-4,12-13H,5-7,11H2. The van der Waals surface area contributed by atoms with Gasteiger partial charge in [0, 0.05) is 5.56 Å². The second kappa shape index (κ2) is 6.78. The molecule has 1 rings (SSSR count). The van der Waals surface area contributed by atoms with Crippen molar-refractivity contribution in [3.63, 3.8) is 0 Å². The van der Waals surface area contributed by atoms with Crippen LogP contribution in [0.5, 0.6) is 5.75 Å². The number of hydrogen-bond donors (Lipinski definition) is 3. The van der Waals surface area contributed by atoms with E-state index >= 15 is 0 Å². The fourth-order valence-electron chi connectivity index (χ4n) is 1.14. The summed E-state index contributed by atoms with van der Waals surface area (Å²) in [5, 5.41) is 9.01. The average Bonchev–Trinajstić information content (AvgIpc) is 2.30. The molecule has 16 heavy (non-hydrogen) atoms. The molecule has 0 saturated heterocycles. The topological polar surface area (TPSA) is 93.8 Å². The van der Waals surface area contributed by atoms with Crippen molar-refractivity contribution in [3.8, 4) is 5.75 Å². The molecule has 88 valence electrons. The van der Waals surface area contributed by atoms with Crippen molar-refractivity contribution in [2.45, 2.75) is 13.0 Å². The van der Waals surface area contributed by atoms with Crippen molar-refractivity contribution >= 4 is 5.97 Å². The number of carbonyl (C=O) groups is 1. The van der Waals surface area contributed by atoms with Crippen LogP contribution in [0.4, 0.5) is 0 Å². The SMILES string of the molecule is NNOC(=O)CCOc1ccccc1CO. The molecule has 1 aromatic rings. The fourth-order valence-corrected chi connectivity index (χ4v) is 1.14. The first-order valence-electron chi connectivity index (χ1n) is 4.74. The summed E-state index contributed by atoms with van der Waals surface area (Å²) in [6, 6.07) is 7.05. The summed E-state index contributed by atoms with van der Waals surface area (Å²) in [7, 11) is 0. The number of nitrogens with two attached hydrogens (primary N) is 1. The van der Waals surface area contributed by atoms with E-state index in [1.807, 2.05) is 0 Å². The van der Waals surface area contributed by atoms with Gasteiger partial charge in [0.05, 0.1) is 19.6 Å². The maximum atomic E-state index is 10.9. The molecule has 0 bridgehead atoms. The molecule has 0 aliphatic heterocycles. The molecule has 0 aliphatic carbocycles. The summed E-state index contributed by atoms with van der Waals surface area (Å²) in [4.78, 5) is 15.2. The second-order valence-corrected chi connectivity index (χ2v) is 2.96. The number of hydrogen-bond acceptors (Lipinski definition) is 6. The Hall–Kier alpha value is -1.63. The summed E-state index contributed by atoms with van der Waals surface area (Å²) in [5.41, 5.74) is 2.47. The van der Waals surface area contributed by atoms with Crippen molar-refractivity contribution < 1.29 is 19.5 Å². The Morgan fingerprint density at radius 1 is 1.44 bits per heavy atom. The van der Waals surface area contributed by atoms with Gasteiger partial charge in [0.1, 0.15) is 5.75 Å². The minimum absolute atomic E-state index is 0.0734. The van der Waals surface area contributed by atoms with E-state index in [4.69, 9.17) is 15.7 Å². The van der Waals surface area contributed by atoms with Crippen molar-refractivity contribution in [3.05, 3.63) is 29.8 Å². The van der Waals surface area contributed by atoms with E-state index in [9.17, 15) is 4.79 Å². The number of aliphatic hydroxyl groups is 1. The molecule has 6 nitrogen and oxygen atoms in total. The third-order valence-corrected chi connectivity index (χ3v) is 1.88. The minimum atomic E-state index is -0.510. The molecule has 0 spiro atoms. The van der Waals surface area contributed by atoms with Crippen molar-refractivity contribution in [2.75, 3.05) is 6.61 Å². The van der Waals surface area contributed by atoms with Gasteiger partial charge in [0.25, 0.3) is 0 Å². The Bertz CT molecular complexity index is 343. The van der Waals surface area contributed by atoms with Crippen LogP contribution in [0.1, 0.15) is 12.0 Å². The average molecular weight is 226 g/mol.